The quantitative estimate of drug-likeness (QED) is 0.340. The third-order valence-electron chi connectivity index (χ3n) is 5.74. The fourth-order valence-electron chi connectivity index (χ4n) is 3.76. The molecular weight excluding hydrogens is 548 g/mol. The molecule has 2 aromatic rings. The predicted octanol–water partition coefficient (Wildman–Crippen LogP) is 4.54. The van der Waals surface area contributed by atoms with Crippen molar-refractivity contribution in [1.29, 1.82) is 0 Å². The second-order valence-corrected chi connectivity index (χ2v) is 8.68. The molecule has 8 nitrogen and oxygen atoms in total. The molecule has 0 unspecified atom stereocenters. The normalized spacial score (nSPS) is 14.7. The van der Waals surface area contributed by atoms with E-state index in [-0.39, 0.29) is 5.91 Å². The first-order valence-electron chi connectivity index (χ1n) is 11.8. The minimum absolute atomic E-state index is 0.0396. The zero-order chi connectivity index (χ0) is 30.1. The van der Waals surface area contributed by atoms with Crippen LogP contribution in [0.3, 0.4) is 0 Å². The van der Waals surface area contributed by atoms with Crippen LogP contribution in [0.25, 0.3) is 5.57 Å². The van der Waals surface area contributed by atoms with Gasteiger partial charge in [-0.2, -0.15) is 26.3 Å². The van der Waals surface area contributed by atoms with Crippen molar-refractivity contribution in [3.8, 4) is 0 Å². The van der Waals surface area contributed by atoms with Crippen molar-refractivity contribution in [3.05, 3.63) is 70.3 Å². The standard InChI is InChI=1S/C22H25N3O.2C2HF3O2/c1-15-12-17(16-6-9-23-10-7-16)3-5-21(15)22(26)25-20-4-2-19-14-24-11-8-18(19)13-20;2*3-2(4,5)1(6)7/h2-6,12-13,23-24H,7-11,14H2,1H3,(H,25,26);2*(H,6,7). The molecule has 0 aromatic heterocycles. The van der Waals surface area contributed by atoms with E-state index in [0.717, 1.165) is 55.8 Å². The van der Waals surface area contributed by atoms with E-state index in [2.05, 4.69) is 46.3 Å². The van der Waals surface area contributed by atoms with E-state index in [1.807, 2.05) is 19.1 Å². The van der Waals surface area contributed by atoms with Crippen LogP contribution >= 0.6 is 0 Å². The summed E-state index contributed by atoms with van der Waals surface area (Å²) in [7, 11) is 0. The molecule has 5 N–H and O–H groups in total. The van der Waals surface area contributed by atoms with Crippen LogP contribution < -0.4 is 16.0 Å². The highest BCUT2D eigenvalue weighted by Crippen LogP contribution is 2.24. The number of anilines is 1. The summed E-state index contributed by atoms with van der Waals surface area (Å²) in [5, 5.41) is 24.0. The first kappa shape index (κ1) is 32.3. The Balaban J connectivity index is 0.000000333. The number of carbonyl (C=O) groups excluding carboxylic acids is 1. The maximum atomic E-state index is 12.7. The fraction of sp³-hybridized carbons (Fsp3) is 0.346. The largest absolute Gasteiger partial charge is 0.490 e. The summed E-state index contributed by atoms with van der Waals surface area (Å²) in [4.78, 5) is 30.5. The van der Waals surface area contributed by atoms with Crippen molar-refractivity contribution in [2.45, 2.75) is 38.7 Å². The van der Waals surface area contributed by atoms with Crippen LogP contribution in [0.5, 0.6) is 0 Å². The van der Waals surface area contributed by atoms with Crippen molar-refractivity contribution < 1.29 is 50.9 Å². The number of aryl methyl sites for hydroxylation is 1. The number of rotatable bonds is 3. The van der Waals surface area contributed by atoms with Crippen LogP contribution in [0.4, 0.5) is 32.0 Å². The van der Waals surface area contributed by atoms with Gasteiger partial charge in [0.15, 0.2) is 0 Å². The molecule has 2 heterocycles. The first-order chi connectivity index (χ1) is 18.6. The summed E-state index contributed by atoms with van der Waals surface area (Å²) in [5.41, 5.74) is 7.87. The SMILES string of the molecule is Cc1cc(C2=CCNCC2)ccc1C(=O)Nc1ccc2c(c1)CCNC2.O=C(O)C(F)(F)F.O=C(O)C(F)(F)F. The number of fused-ring (bicyclic) bond motifs is 1. The van der Waals surface area contributed by atoms with Gasteiger partial charge in [-0.05, 0) is 78.9 Å². The number of halogens is 6. The summed E-state index contributed by atoms with van der Waals surface area (Å²) in [6, 6.07) is 12.4. The molecule has 0 aliphatic carbocycles. The molecular formula is C26H27F6N3O5. The molecule has 1 amide bonds. The Morgan fingerprint density at radius 1 is 0.825 bits per heavy atom. The highest BCUT2D eigenvalue weighted by Gasteiger charge is 2.38. The molecule has 2 aliphatic heterocycles. The predicted molar refractivity (Wildman–Crippen MR) is 134 cm³/mol. The minimum Gasteiger partial charge on any atom is -0.475 e. The molecule has 0 spiro atoms. The van der Waals surface area contributed by atoms with Crippen molar-refractivity contribution in [2.24, 2.45) is 0 Å². The second-order valence-electron chi connectivity index (χ2n) is 8.68. The van der Waals surface area contributed by atoms with Crippen LogP contribution in [0.2, 0.25) is 0 Å². The van der Waals surface area contributed by atoms with E-state index in [0.29, 0.717) is 0 Å². The van der Waals surface area contributed by atoms with Gasteiger partial charge in [-0.3, -0.25) is 4.79 Å². The minimum atomic E-state index is -5.08. The molecule has 14 heteroatoms. The lowest BCUT2D eigenvalue weighted by atomic mass is 9.96. The fourth-order valence-corrected chi connectivity index (χ4v) is 3.76. The van der Waals surface area contributed by atoms with Crippen LogP contribution in [0.1, 0.15) is 39.0 Å². The van der Waals surface area contributed by atoms with Gasteiger partial charge in [0.05, 0.1) is 0 Å². The Bertz CT molecular complexity index is 1230. The lowest BCUT2D eigenvalue weighted by Crippen LogP contribution is -2.23. The Morgan fingerprint density at radius 2 is 1.43 bits per heavy atom. The molecule has 218 valence electrons. The number of hydrogen-bond donors (Lipinski definition) is 5. The summed E-state index contributed by atoms with van der Waals surface area (Å²) in [5.74, 6) is -5.55. The van der Waals surface area contributed by atoms with E-state index in [9.17, 15) is 31.1 Å². The molecule has 40 heavy (non-hydrogen) atoms. The van der Waals surface area contributed by atoms with Gasteiger partial charge in [-0.1, -0.05) is 24.3 Å². The molecule has 0 bridgehead atoms. The van der Waals surface area contributed by atoms with Crippen molar-refractivity contribution in [2.75, 3.05) is 25.0 Å². The highest BCUT2D eigenvalue weighted by molar-refractivity contribution is 6.05. The molecule has 0 saturated heterocycles. The van der Waals surface area contributed by atoms with Crippen LogP contribution in [0.15, 0.2) is 42.5 Å². The van der Waals surface area contributed by atoms with E-state index in [4.69, 9.17) is 19.8 Å². The monoisotopic (exact) mass is 575 g/mol. The van der Waals surface area contributed by atoms with E-state index in [1.165, 1.54) is 22.3 Å². The maximum absolute atomic E-state index is 12.7. The number of amides is 1. The number of alkyl halides is 6. The number of aliphatic carboxylic acids is 2. The van der Waals surface area contributed by atoms with Gasteiger partial charge < -0.3 is 26.2 Å². The highest BCUT2D eigenvalue weighted by atomic mass is 19.4. The average Bonchev–Trinajstić information content (AvgIpc) is 2.88. The van der Waals surface area contributed by atoms with Crippen molar-refractivity contribution >= 4 is 29.1 Å². The second kappa shape index (κ2) is 13.9. The number of benzene rings is 2. The number of nitrogens with one attached hydrogen (secondary N) is 3. The van der Waals surface area contributed by atoms with E-state index >= 15 is 0 Å². The smallest absolute Gasteiger partial charge is 0.475 e. The van der Waals surface area contributed by atoms with E-state index in [1.54, 1.807) is 0 Å². The molecule has 4 rings (SSSR count). The van der Waals surface area contributed by atoms with E-state index < -0.39 is 24.3 Å². The van der Waals surface area contributed by atoms with Crippen LogP contribution in [0, 0.1) is 6.92 Å². The van der Waals surface area contributed by atoms with Gasteiger partial charge >= 0.3 is 24.3 Å². The van der Waals surface area contributed by atoms with Gasteiger partial charge in [0.2, 0.25) is 0 Å². The van der Waals surface area contributed by atoms with Crippen molar-refractivity contribution in [3.63, 3.8) is 0 Å². The van der Waals surface area contributed by atoms with Gasteiger partial charge in [-0.15, -0.1) is 0 Å². The van der Waals surface area contributed by atoms with Gasteiger partial charge in [0, 0.05) is 24.3 Å². The Morgan fingerprint density at radius 3 is 1.95 bits per heavy atom. The Labute approximate surface area is 225 Å². The molecule has 0 radical (unpaired) electrons. The van der Waals surface area contributed by atoms with Gasteiger partial charge in [-0.25, -0.2) is 9.59 Å². The van der Waals surface area contributed by atoms with Crippen LogP contribution in [-0.2, 0) is 22.6 Å². The van der Waals surface area contributed by atoms with Crippen molar-refractivity contribution in [1.82, 2.24) is 10.6 Å². The summed E-state index contributed by atoms with van der Waals surface area (Å²) < 4.78 is 63.5. The zero-order valence-electron chi connectivity index (χ0n) is 21.2. The Hall–Kier alpha value is -3.91. The average molecular weight is 576 g/mol. The zero-order valence-corrected chi connectivity index (χ0v) is 21.2. The molecule has 0 fully saturated rings. The number of hydrogen-bond acceptors (Lipinski definition) is 5. The lowest BCUT2D eigenvalue weighted by molar-refractivity contribution is -0.193. The third kappa shape index (κ3) is 10.0. The number of carbonyl (C=O) groups is 3. The summed E-state index contributed by atoms with van der Waals surface area (Å²) in [6.45, 7) is 5.86. The van der Waals surface area contributed by atoms with Gasteiger partial charge in [0.25, 0.3) is 5.91 Å². The Kier molecular flexibility index (Phi) is 11.3. The number of carboxylic acid groups (broad SMARTS) is 2. The molecule has 0 atom stereocenters. The maximum Gasteiger partial charge on any atom is 0.490 e. The summed E-state index contributed by atoms with van der Waals surface area (Å²) in [6.07, 6.45) is -5.88. The molecule has 0 saturated carbocycles. The topological polar surface area (TPSA) is 128 Å². The first-order valence-corrected chi connectivity index (χ1v) is 11.8. The summed E-state index contributed by atoms with van der Waals surface area (Å²) >= 11 is 0. The lowest BCUT2D eigenvalue weighted by Gasteiger charge is -2.18. The van der Waals surface area contributed by atoms with Gasteiger partial charge in [0.1, 0.15) is 0 Å². The third-order valence-corrected chi connectivity index (χ3v) is 5.74. The number of carboxylic acids is 2. The van der Waals surface area contributed by atoms with Crippen LogP contribution in [-0.4, -0.2) is 60.0 Å². The molecule has 2 aliphatic rings. The molecule has 2 aromatic carbocycles.